The van der Waals surface area contributed by atoms with Crippen molar-refractivity contribution in [1.82, 2.24) is 20.3 Å². The zero-order valence-electron chi connectivity index (χ0n) is 10.6. The molecule has 0 saturated heterocycles. The Hall–Kier alpha value is -2.41. The first-order valence-electron chi connectivity index (χ1n) is 5.97. The lowest BCUT2D eigenvalue weighted by molar-refractivity contribution is 0.0933. The fourth-order valence-corrected chi connectivity index (χ4v) is 1.69. The molecule has 1 unspecified atom stereocenters. The predicted octanol–water partition coefficient (Wildman–Crippen LogP) is 0.971. The van der Waals surface area contributed by atoms with E-state index in [-0.39, 0.29) is 11.9 Å². The van der Waals surface area contributed by atoms with Crippen LogP contribution >= 0.6 is 0 Å². The second-order valence-corrected chi connectivity index (χ2v) is 3.99. The first-order valence-corrected chi connectivity index (χ1v) is 5.97. The van der Waals surface area contributed by atoms with E-state index in [1.165, 1.54) is 6.20 Å². The lowest BCUT2D eigenvalue weighted by atomic mass is 10.2. The highest BCUT2D eigenvalue weighted by molar-refractivity contribution is 5.94. The van der Waals surface area contributed by atoms with Gasteiger partial charge in [0.1, 0.15) is 11.6 Å². The number of hydrogen-bond acceptors (Lipinski definition) is 5. The molecule has 7 nitrogen and oxygen atoms in total. The normalized spacial score (nSPS) is 11.9. The van der Waals surface area contributed by atoms with E-state index < -0.39 is 0 Å². The molecule has 7 heteroatoms. The number of nitrogens with one attached hydrogen (secondary N) is 3. The van der Waals surface area contributed by atoms with Gasteiger partial charge >= 0.3 is 0 Å². The van der Waals surface area contributed by atoms with E-state index in [9.17, 15) is 4.79 Å². The van der Waals surface area contributed by atoms with E-state index in [0.29, 0.717) is 11.4 Å². The molecule has 5 N–H and O–H groups in total. The van der Waals surface area contributed by atoms with Crippen molar-refractivity contribution >= 4 is 11.7 Å². The highest BCUT2D eigenvalue weighted by atomic mass is 16.1. The van der Waals surface area contributed by atoms with Gasteiger partial charge in [-0.3, -0.25) is 4.79 Å². The lowest BCUT2D eigenvalue weighted by Crippen LogP contribution is -2.29. The average molecular weight is 260 g/mol. The quantitative estimate of drug-likeness (QED) is 0.473. The van der Waals surface area contributed by atoms with Gasteiger partial charge in [-0.15, -0.1) is 0 Å². The standard InChI is InChI=1S/C12H16N6O/c1-2-9(11-14-5-6-15-11)17-12(19)8-3-4-10(18-13)16-7-8/h3-7,9H,2,13H2,1H3,(H,14,15)(H,16,18)(H,17,19). The van der Waals surface area contributed by atoms with Crippen LogP contribution in [0.3, 0.4) is 0 Å². The number of anilines is 1. The minimum atomic E-state index is -0.195. The number of nitrogens with zero attached hydrogens (tertiary/aromatic N) is 2. The van der Waals surface area contributed by atoms with Crippen LogP contribution in [-0.4, -0.2) is 20.9 Å². The van der Waals surface area contributed by atoms with Crippen LogP contribution in [-0.2, 0) is 0 Å². The molecule has 2 rings (SSSR count). The third-order valence-corrected chi connectivity index (χ3v) is 2.74. The van der Waals surface area contributed by atoms with E-state index in [1.54, 1.807) is 24.5 Å². The molecule has 2 aromatic rings. The van der Waals surface area contributed by atoms with Gasteiger partial charge in [-0.2, -0.15) is 0 Å². The van der Waals surface area contributed by atoms with Gasteiger partial charge in [-0.05, 0) is 18.6 Å². The van der Waals surface area contributed by atoms with Crippen LogP contribution in [0.4, 0.5) is 5.82 Å². The molecule has 2 aromatic heterocycles. The number of imidazole rings is 1. The van der Waals surface area contributed by atoms with Gasteiger partial charge in [0.15, 0.2) is 0 Å². The maximum absolute atomic E-state index is 12.1. The summed E-state index contributed by atoms with van der Waals surface area (Å²) in [6.07, 6.45) is 5.61. The van der Waals surface area contributed by atoms with Crippen molar-refractivity contribution in [3.05, 3.63) is 42.1 Å². The Bertz CT molecular complexity index is 522. The minimum Gasteiger partial charge on any atom is -0.347 e. The van der Waals surface area contributed by atoms with Gasteiger partial charge in [0.25, 0.3) is 5.91 Å². The number of H-pyrrole nitrogens is 1. The highest BCUT2D eigenvalue weighted by Crippen LogP contribution is 2.13. The number of aromatic amines is 1. The molecular weight excluding hydrogens is 244 g/mol. The summed E-state index contributed by atoms with van der Waals surface area (Å²) in [5.74, 6) is 6.27. The van der Waals surface area contributed by atoms with Crippen LogP contribution in [0.5, 0.6) is 0 Å². The molecule has 0 spiro atoms. The number of hydrogen-bond donors (Lipinski definition) is 4. The Morgan fingerprint density at radius 1 is 1.47 bits per heavy atom. The van der Waals surface area contributed by atoms with Crippen LogP contribution < -0.4 is 16.6 Å². The summed E-state index contributed by atoms with van der Waals surface area (Å²) in [5, 5.41) is 2.90. The minimum absolute atomic E-state index is 0.144. The van der Waals surface area contributed by atoms with Crippen molar-refractivity contribution in [1.29, 1.82) is 0 Å². The third kappa shape index (κ3) is 3.08. The van der Waals surface area contributed by atoms with E-state index >= 15 is 0 Å². The summed E-state index contributed by atoms with van der Waals surface area (Å²) in [6.45, 7) is 1.98. The van der Waals surface area contributed by atoms with E-state index in [1.807, 2.05) is 6.92 Å². The fourth-order valence-electron chi connectivity index (χ4n) is 1.69. The third-order valence-electron chi connectivity index (χ3n) is 2.74. The predicted molar refractivity (Wildman–Crippen MR) is 71.1 cm³/mol. The molecule has 0 aliphatic rings. The first kappa shape index (κ1) is 13.0. The van der Waals surface area contributed by atoms with Gasteiger partial charge in [-0.25, -0.2) is 15.8 Å². The van der Waals surface area contributed by atoms with Crippen LogP contribution in [0.15, 0.2) is 30.7 Å². The number of carbonyl (C=O) groups is 1. The van der Waals surface area contributed by atoms with E-state index in [2.05, 4.69) is 25.7 Å². The molecule has 2 heterocycles. The van der Waals surface area contributed by atoms with E-state index in [0.717, 1.165) is 12.2 Å². The van der Waals surface area contributed by atoms with Gasteiger partial charge in [0.2, 0.25) is 0 Å². The number of hydrazine groups is 1. The van der Waals surface area contributed by atoms with Crippen molar-refractivity contribution < 1.29 is 4.79 Å². The summed E-state index contributed by atoms with van der Waals surface area (Å²) < 4.78 is 0. The Labute approximate surface area is 110 Å². The number of aromatic nitrogens is 3. The molecule has 0 aromatic carbocycles. The number of nitrogens with two attached hydrogens (primary N) is 1. The molecule has 0 radical (unpaired) electrons. The summed E-state index contributed by atoms with van der Waals surface area (Å²) in [5.41, 5.74) is 2.89. The number of pyridine rings is 1. The van der Waals surface area contributed by atoms with Crippen LogP contribution in [0, 0.1) is 0 Å². The van der Waals surface area contributed by atoms with Crippen LogP contribution in [0.1, 0.15) is 35.6 Å². The van der Waals surface area contributed by atoms with Crippen LogP contribution in [0.25, 0.3) is 0 Å². The molecule has 0 fully saturated rings. The monoisotopic (exact) mass is 260 g/mol. The number of nitrogen functional groups attached to an aromatic ring is 1. The molecule has 0 saturated carbocycles. The van der Waals surface area contributed by atoms with Crippen molar-refractivity contribution in [2.75, 3.05) is 5.43 Å². The SMILES string of the molecule is CCC(NC(=O)c1ccc(NN)nc1)c1ncc[nH]1. The molecule has 0 aliphatic heterocycles. The highest BCUT2D eigenvalue weighted by Gasteiger charge is 2.15. The molecular formula is C12H16N6O. The smallest absolute Gasteiger partial charge is 0.253 e. The van der Waals surface area contributed by atoms with Gasteiger partial charge < -0.3 is 15.7 Å². The summed E-state index contributed by atoms with van der Waals surface area (Å²) >= 11 is 0. The Morgan fingerprint density at radius 3 is 2.84 bits per heavy atom. The van der Waals surface area contributed by atoms with Gasteiger partial charge in [0.05, 0.1) is 11.6 Å². The largest absolute Gasteiger partial charge is 0.347 e. The molecule has 100 valence electrons. The zero-order chi connectivity index (χ0) is 13.7. The van der Waals surface area contributed by atoms with E-state index in [4.69, 9.17) is 5.84 Å². The van der Waals surface area contributed by atoms with Gasteiger partial charge in [0, 0.05) is 18.6 Å². The fraction of sp³-hybridized carbons (Fsp3) is 0.250. The molecule has 1 amide bonds. The van der Waals surface area contributed by atoms with Crippen molar-refractivity contribution in [2.24, 2.45) is 5.84 Å². The number of carbonyl (C=O) groups excluding carboxylic acids is 1. The maximum atomic E-state index is 12.1. The number of amides is 1. The number of rotatable bonds is 5. The summed E-state index contributed by atoms with van der Waals surface area (Å²) in [7, 11) is 0. The Balaban J connectivity index is 2.06. The molecule has 1 atom stereocenters. The molecule has 0 aliphatic carbocycles. The lowest BCUT2D eigenvalue weighted by Gasteiger charge is -2.14. The average Bonchev–Trinajstić information content (AvgIpc) is 2.98. The topological polar surface area (TPSA) is 109 Å². The Kier molecular flexibility index (Phi) is 4.09. The van der Waals surface area contributed by atoms with Crippen LogP contribution in [0.2, 0.25) is 0 Å². The maximum Gasteiger partial charge on any atom is 0.253 e. The molecule has 19 heavy (non-hydrogen) atoms. The first-order chi connectivity index (χ1) is 9.24. The van der Waals surface area contributed by atoms with Gasteiger partial charge in [-0.1, -0.05) is 6.92 Å². The van der Waals surface area contributed by atoms with Crippen molar-refractivity contribution in [3.63, 3.8) is 0 Å². The second-order valence-electron chi connectivity index (χ2n) is 3.99. The zero-order valence-corrected chi connectivity index (χ0v) is 10.6. The van der Waals surface area contributed by atoms with Crippen molar-refractivity contribution in [2.45, 2.75) is 19.4 Å². The van der Waals surface area contributed by atoms with Crippen molar-refractivity contribution in [3.8, 4) is 0 Å². The molecule has 0 bridgehead atoms. The summed E-state index contributed by atoms with van der Waals surface area (Å²) in [6, 6.07) is 3.16. The Morgan fingerprint density at radius 2 is 2.32 bits per heavy atom. The summed E-state index contributed by atoms with van der Waals surface area (Å²) in [4.78, 5) is 23.2. The second kappa shape index (κ2) is 5.96.